The fraction of sp³-hybridized carbons (Fsp3) is 0.200. The van der Waals surface area contributed by atoms with Crippen LogP contribution in [-0.2, 0) is 11.2 Å². The van der Waals surface area contributed by atoms with Crippen molar-refractivity contribution < 1.29 is 14.6 Å². The first kappa shape index (κ1) is 20.2. The van der Waals surface area contributed by atoms with Crippen LogP contribution < -0.4 is 4.74 Å². The number of thiocarbonyl (C=S) groups is 1. The second-order valence-electron chi connectivity index (χ2n) is 5.85. The number of hydrogen-bond donors (Lipinski definition) is 1. The van der Waals surface area contributed by atoms with Crippen molar-refractivity contribution in [2.75, 3.05) is 13.2 Å². The van der Waals surface area contributed by atoms with Crippen LogP contribution in [0.5, 0.6) is 11.5 Å². The van der Waals surface area contributed by atoms with Gasteiger partial charge >= 0.3 is 0 Å². The van der Waals surface area contributed by atoms with Crippen molar-refractivity contribution in [1.29, 1.82) is 0 Å². The summed E-state index contributed by atoms with van der Waals surface area (Å²) in [5.74, 6) is 0.446. The van der Waals surface area contributed by atoms with Crippen LogP contribution in [0.1, 0.15) is 18.1 Å². The average molecular weight is 511 g/mol. The molecule has 2 aromatic rings. The van der Waals surface area contributed by atoms with Crippen molar-refractivity contribution in [3.05, 3.63) is 62.1 Å². The Hall–Kier alpha value is -1.58. The van der Waals surface area contributed by atoms with Crippen LogP contribution in [0.4, 0.5) is 0 Å². The monoisotopic (exact) mass is 511 g/mol. The molecule has 140 valence electrons. The van der Waals surface area contributed by atoms with Gasteiger partial charge in [-0.1, -0.05) is 54.3 Å². The van der Waals surface area contributed by atoms with Crippen LogP contribution in [0.3, 0.4) is 0 Å². The van der Waals surface area contributed by atoms with Crippen molar-refractivity contribution in [2.24, 2.45) is 0 Å². The van der Waals surface area contributed by atoms with Crippen molar-refractivity contribution in [1.82, 2.24) is 4.90 Å². The Balaban J connectivity index is 1.78. The van der Waals surface area contributed by atoms with Crippen molar-refractivity contribution in [2.45, 2.75) is 13.3 Å². The van der Waals surface area contributed by atoms with E-state index in [0.29, 0.717) is 31.7 Å². The summed E-state index contributed by atoms with van der Waals surface area (Å²) in [6.07, 6.45) is 2.55. The lowest BCUT2D eigenvalue weighted by atomic mass is 10.1. The van der Waals surface area contributed by atoms with Gasteiger partial charge in [-0.25, -0.2) is 0 Å². The lowest BCUT2D eigenvalue weighted by molar-refractivity contribution is -0.122. The largest absolute Gasteiger partial charge is 0.504 e. The third-order valence-electron chi connectivity index (χ3n) is 3.99. The second-order valence-corrected chi connectivity index (χ2v) is 8.69. The van der Waals surface area contributed by atoms with Crippen molar-refractivity contribution in [3.63, 3.8) is 0 Å². The summed E-state index contributed by atoms with van der Waals surface area (Å²) in [7, 11) is 0. The summed E-state index contributed by atoms with van der Waals surface area (Å²) in [5, 5.41) is 10.1. The molecule has 0 aliphatic carbocycles. The number of phenols is 1. The predicted molar refractivity (Wildman–Crippen MR) is 122 cm³/mol. The maximum atomic E-state index is 12.8. The van der Waals surface area contributed by atoms with Gasteiger partial charge in [0.05, 0.1) is 15.1 Å². The zero-order chi connectivity index (χ0) is 19.4. The number of carbonyl (C=O) groups excluding carboxylic acids is 1. The third kappa shape index (κ3) is 4.83. The average Bonchev–Trinajstić information content (AvgIpc) is 2.92. The highest BCUT2D eigenvalue weighted by atomic mass is 127. The molecule has 1 heterocycles. The number of hydrogen-bond acceptors (Lipinski definition) is 5. The van der Waals surface area contributed by atoms with Gasteiger partial charge in [0.2, 0.25) is 0 Å². The topological polar surface area (TPSA) is 49.8 Å². The van der Waals surface area contributed by atoms with Gasteiger partial charge < -0.3 is 9.84 Å². The molecule has 0 aromatic heterocycles. The molecule has 3 rings (SSSR count). The van der Waals surface area contributed by atoms with E-state index in [2.05, 4.69) is 0 Å². The highest BCUT2D eigenvalue weighted by Gasteiger charge is 2.31. The number of carbonyl (C=O) groups is 1. The molecule has 2 aromatic carbocycles. The zero-order valence-corrected chi connectivity index (χ0v) is 18.4. The molecule has 0 bridgehead atoms. The number of aromatic hydroxyl groups is 1. The first-order chi connectivity index (χ1) is 13.0. The van der Waals surface area contributed by atoms with Gasteiger partial charge in [-0.3, -0.25) is 9.69 Å². The van der Waals surface area contributed by atoms with Gasteiger partial charge in [0.25, 0.3) is 5.91 Å². The number of amides is 1. The summed E-state index contributed by atoms with van der Waals surface area (Å²) >= 11 is 8.75. The van der Waals surface area contributed by atoms with Crippen molar-refractivity contribution in [3.8, 4) is 11.5 Å². The maximum Gasteiger partial charge on any atom is 0.266 e. The number of ether oxygens (including phenoxy) is 1. The minimum absolute atomic E-state index is 0.0815. The van der Waals surface area contributed by atoms with Crippen LogP contribution in [0.25, 0.3) is 6.08 Å². The van der Waals surface area contributed by atoms with E-state index in [4.69, 9.17) is 17.0 Å². The first-order valence-corrected chi connectivity index (χ1v) is 10.7. The molecule has 0 atom stereocenters. The third-order valence-corrected chi connectivity index (χ3v) is 6.19. The second kappa shape index (κ2) is 9.07. The Bertz CT molecular complexity index is 900. The first-order valence-electron chi connectivity index (χ1n) is 8.44. The van der Waals surface area contributed by atoms with Gasteiger partial charge in [0.15, 0.2) is 11.5 Å². The van der Waals surface area contributed by atoms with E-state index >= 15 is 0 Å². The molecule has 1 amide bonds. The fourth-order valence-corrected chi connectivity index (χ4v) is 4.61. The molecule has 1 aliphatic rings. The summed E-state index contributed by atoms with van der Waals surface area (Å²) < 4.78 is 6.71. The molecular weight excluding hydrogens is 493 g/mol. The number of benzene rings is 2. The lowest BCUT2D eigenvalue weighted by Gasteiger charge is -2.14. The number of phenolic OH excluding ortho intramolecular Hbond substituents is 1. The normalized spacial score (nSPS) is 15.6. The number of rotatable bonds is 6. The Morgan fingerprint density at radius 2 is 2.04 bits per heavy atom. The quantitative estimate of drug-likeness (QED) is 0.342. The van der Waals surface area contributed by atoms with Gasteiger partial charge in [0.1, 0.15) is 4.32 Å². The van der Waals surface area contributed by atoms with Crippen LogP contribution in [-0.4, -0.2) is 33.4 Å². The van der Waals surface area contributed by atoms with E-state index < -0.39 is 0 Å². The Morgan fingerprint density at radius 1 is 1.30 bits per heavy atom. The molecule has 1 saturated heterocycles. The highest BCUT2D eigenvalue weighted by molar-refractivity contribution is 14.1. The lowest BCUT2D eigenvalue weighted by Crippen LogP contribution is -2.30. The van der Waals surface area contributed by atoms with E-state index in [9.17, 15) is 9.90 Å². The van der Waals surface area contributed by atoms with E-state index in [-0.39, 0.29) is 11.7 Å². The number of thioether (sulfide) groups is 1. The summed E-state index contributed by atoms with van der Waals surface area (Å²) in [5.41, 5.74) is 1.97. The molecule has 0 spiro atoms. The van der Waals surface area contributed by atoms with Crippen LogP contribution in [0.2, 0.25) is 0 Å². The molecule has 4 nitrogen and oxygen atoms in total. The van der Waals surface area contributed by atoms with Gasteiger partial charge in [-0.2, -0.15) is 0 Å². The van der Waals surface area contributed by atoms with E-state index in [1.807, 2.05) is 65.9 Å². The number of nitrogens with zero attached hydrogens (tertiary/aromatic N) is 1. The Kier molecular flexibility index (Phi) is 6.78. The van der Waals surface area contributed by atoms with Crippen LogP contribution in [0, 0.1) is 3.57 Å². The van der Waals surface area contributed by atoms with Crippen molar-refractivity contribution >= 4 is 62.9 Å². The Morgan fingerprint density at radius 3 is 2.74 bits per heavy atom. The fourth-order valence-electron chi connectivity index (χ4n) is 2.67. The van der Waals surface area contributed by atoms with Gasteiger partial charge in [-0.15, -0.1) is 0 Å². The molecular formula is C20H18INO3S2. The van der Waals surface area contributed by atoms with E-state index in [1.54, 1.807) is 17.0 Å². The standard InChI is InChI=1S/C20H18INO3S2/c1-2-25-16-11-14(10-15(21)18(16)23)12-17-19(24)22(20(26)27-17)9-8-13-6-4-3-5-7-13/h3-7,10-12,23H,2,8-9H2,1H3/b17-12-. The zero-order valence-electron chi connectivity index (χ0n) is 14.6. The van der Waals surface area contributed by atoms with E-state index in [0.717, 1.165) is 12.0 Å². The molecule has 0 saturated carbocycles. The van der Waals surface area contributed by atoms with Crippen LogP contribution in [0.15, 0.2) is 47.4 Å². The highest BCUT2D eigenvalue weighted by Crippen LogP contribution is 2.36. The van der Waals surface area contributed by atoms with Gasteiger partial charge in [0, 0.05) is 6.54 Å². The molecule has 7 heteroatoms. The van der Waals surface area contributed by atoms with Gasteiger partial charge in [-0.05, 0) is 65.3 Å². The van der Waals surface area contributed by atoms with Crippen LogP contribution >= 0.6 is 46.6 Å². The summed E-state index contributed by atoms with van der Waals surface area (Å²) in [6, 6.07) is 13.6. The van der Waals surface area contributed by atoms with E-state index in [1.165, 1.54) is 17.3 Å². The summed E-state index contributed by atoms with van der Waals surface area (Å²) in [4.78, 5) is 15.0. The minimum Gasteiger partial charge on any atom is -0.504 e. The molecule has 27 heavy (non-hydrogen) atoms. The molecule has 1 fully saturated rings. The number of halogens is 1. The predicted octanol–water partition coefficient (Wildman–Crippen LogP) is 4.84. The molecule has 1 N–H and O–H groups in total. The maximum absolute atomic E-state index is 12.8. The Labute approximate surface area is 181 Å². The molecule has 1 aliphatic heterocycles. The SMILES string of the molecule is CCOc1cc(/C=C2\SC(=S)N(CCc3ccccc3)C2=O)cc(I)c1O. The molecule has 0 radical (unpaired) electrons. The smallest absolute Gasteiger partial charge is 0.266 e. The minimum atomic E-state index is -0.0815. The molecule has 0 unspecified atom stereocenters. The summed E-state index contributed by atoms with van der Waals surface area (Å²) in [6.45, 7) is 2.87.